The highest BCUT2D eigenvalue weighted by Crippen LogP contribution is 2.23. The van der Waals surface area contributed by atoms with E-state index in [-0.39, 0.29) is 18.3 Å². The van der Waals surface area contributed by atoms with Crippen LogP contribution in [0, 0.1) is 0 Å². The second-order valence-electron chi connectivity index (χ2n) is 4.77. The molecule has 2 aromatic rings. The maximum absolute atomic E-state index is 11.8. The lowest BCUT2D eigenvalue weighted by Gasteiger charge is -2.09. The van der Waals surface area contributed by atoms with E-state index in [1.807, 2.05) is 0 Å². The second kappa shape index (κ2) is 7.45. The summed E-state index contributed by atoms with van der Waals surface area (Å²) >= 11 is 5.92. The Hall–Kier alpha value is -2.09. The number of carbonyl (C=O) groups excluding carboxylic acids is 1. The molecule has 0 fully saturated rings. The summed E-state index contributed by atoms with van der Waals surface area (Å²) in [6, 6.07) is 13.2. The number of nitrogens with two attached hydrogens (primary N) is 1. The lowest BCUT2D eigenvalue weighted by Crippen LogP contribution is -2.20. The number of ether oxygens (including phenoxy) is 1. The fourth-order valence-electron chi connectivity index (χ4n) is 1.82. The van der Waals surface area contributed by atoms with E-state index in [1.165, 1.54) is 0 Å². The molecule has 6 nitrogen and oxygen atoms in total. The number of sulfonamides is 1. The molecule has 0 bridgehead atoms. The summed E-state index contributed by atoms with van der Waals surface area (Å²) in [6.45, 7) is -0.192. The van der Waals surface area contributed by atoms with Crippen LogP contribution in [-0.2, 0) is 20.6 Å². The van der Waals surface area contributed by atoms with E-state index in [4.69, 9.17) is 21.5 Å². The monoisotopic (exact) mass is 354 g/mol. The Labute approximate surface area is 139 Å². The highest BCUT2D eigenvalue weighted by molar-refractivity contribution is 7.88. The third-order valence-electron chi connectivity index (χ3n) is 2.80. The van der Waals surface area contributed by atoms with Crippen molar-refractivity contribution in [3.05, 3.63) is 59.1 Å². The van der Waals surface area contributed by atoms with E-state index >= 15 is 0 Å². The Kier molecular flexibility index (Phi) is 5.59. The molecule has 0 spiro atoms. The summed E-state index contributed by atoms with van der Waals surface area (Å²) in [5.41, 5.74) is 1.06. The minimum atomic E-state index is -3.58. The molecule has 23 heavy (non-hydrogen) atoms. The molecule has 1 amide bonds. The average molecular weight is 355 g/mol. The van der Waals surface area contributed by atoms with Crippen LogP contribution in [0.3, 0.4) is 0 Å². The zero-order valence-corrected chi connectivity index (χ0v) is 13.6. The maximum Gasteiger partial charge on any atom is 0.262 e. The number of carbonyl (C=O) groups is 1. The Morgan fingerprint density at radius 3 is 2.39 bits per heavy atom. The van der Waals surface area contributed by atoms with E-state index in [0.29, 0.717) is 22.0 Å². The summed E-state index contributed by atoms with van der Waals surface area (Å²) in [5, 5.41) is 8.03. The first kappa shape index (κ1) is 17.3. The summed E-state index contributed by atoms with van der Waals surface area (Å²) < 4.78 is 27.3. The van der Waals surface area contributed by atoms with Crippen LogP contribution >= 0.6 is 11.6 Å². The number of primary sulfonamides is 1. The van der Waals surface area contributed by atoms with Crippen molar-refractivity contribution in [1.29, 1.82) is 0 Å². The molecule has 0 aliphatic heterocycles. The number of hydrogen-bond acceptors (Lipinski definition) is 4. The van der Waals surface area contributed by atoms with Gasteiger partial charge in [-0.1, -0.05) is 35.9 Å². The van der Waals surface area contributed by atoms with Crippen LogP contribution < -0.4 is 15.2 Å². The quantitative estimate of drug-likeness (QED) is 0.830. The van der Waals surface area contributed by atoms with Crippen molar-refractivity contribution in [3.63, 3.8) is 0 Å². The standard InChI is InChI=1S/C15H15ClN2O4S/c16-13-3-1-2-4-14(13)22-9-15(19)18-12-7-5-11(6-8-12)10-23(17,20)21/h1-8H,9-10H2,(H,18,19)(H2,17,20,21). The zero-order chi connectivity index (χ0) is 16.9. The highest BCUT2D eigenvalue weighted by atomic mass is 35.5. The van der Waals surface area contributed by atoms with Gasteiger partial charge in [-0.2, -0.15) is 0 Å². The van der Waals surface area contributed by atoms with Crippen molar-refractivity contribution in [1.82, 2.24) is 0 Å². The SMILES string of the molecule is NS(=O)(=O)Cc1ccc(NC(=O)COc2ccccc2Cl)cc1. The minimum absolute atomic E-state index is 0.192. The molecule has 0 aromatic heterocycles. The van der Waals surface area contributed by atoms with Gasteiger partial charge in [0.2, 0.25) is 10.0 Å². The van der Waals surface area contributed by atoms with Crippen molar-refractivity contribution in [2.24, 2.45) is 5.14 Å². The summed E-state index contributed by atoms with van der Waals surface area (Å²) in [6.07, 6.45) is 0. The molecule has 0 saturated carbocycles. The fourth-order valence-corrected chi connectivity index (χ4v) is 2.67. The largest absolute Gasteiger partial charge is 0.482 e. The minimum Gasteiger partial charge on any atom is -0.482 e. The van der Waals surface area contributed by atoms with Crippen LogP contribution in [0.25, 0.3) is 0 Å². The van der Waals surface area contributed by atoms with Gasteiger partial charge in [-0.3, -0.25) is 4.79 Å². The van der Waals surface area contributed by atoms with Gasteiger partial charge >= 0.3 is 0 Å². The lowest BCUT2D eigenvalue weighted by atomic mass is 10.2. The summed E-state index contributed by atoms with van der Waals surface area (Å²) in [5.74, 6) is -0.187. The molecule has 2 aromatic carbocycles. The number of para-hydroxylation sites is 1. The Morgan fingerprint density at radius 2 is 1.78 bits per heavy atom. The first-order chi connectivity index (χ1) is 10.8. The van der Waals surface area contributed by atoms with Gasteiger partial charge in [0.05, 0.1) is 10.8 Å². The lowest BCUT2D eigenvalue weighted by molar-refractivity contribution is -0.118. The van der Waals surface area contributed by atoms with Gasteiger partial charge in [-0.05, 0) is 29.8 Å². The number of hydrogen-bond donors (Lipinski definition) is 2. The van der Waals surface area contributed by atoms with Crippen LogP contribution in [0.15, 0.2) is 48.5 Å². The molecule has 0 aliphatic carbocycles. The van der Waals surface area contributed by atoms with E-state index in [1.54, 1.807) is 48.5 Å². The van der Waals surface area contributed by atoms with Gasteiger partial charge < -0.3 is 10.1 Å². The molecule has 2 rings (SSSR count). The Morgan fingerprint density at radius 1 is 1.13 bits per heavy atom. The van der Waals surface area contributed by atoms with Crippen LogP contribution in [0.5, 0.6) is 5.75 Å². The molecule has 8 heteroatoms. The van der Waals surface area contributed by atoms with Gasteiger partial charge in [-0.25, -0.2) is 13.6 Å². The number of amides is 1. The van der Waals surface area contributed by atoms with Crippen molar-refractivity contribution in [3.8, 4) is 5.75 Å². The summed E-state index contributed by atoms with van der Waals surface area (Å²) in [7, 11) is -3.58. The van der Waals surface area contributed by atoms with Crippen LogP contribution in [0.1, 0.15) is 5.56 Å². The second-order valence-corrected chi connectivity index (χ2v) is 6.79. The third-order valence-corrected chi connectivity index (χ3v) is 3.85. The number of benzene rings is 2. The van der Waals surface area contributed by atoms with Gasteiger partial charge in [0.25, 0.3) is 5.91 Å². The van der Waals surface area contributed by atoms with E-state index in [2.05, 4.69) is 5.32 Å². The highest BCUT2D eigenvalue weighted by Gasteiger charge is 2.07. The van der Waals surface area contributed by atoms with E-state index in [9.17, 15) is 13.2 Å². The number of rotatable bonds is 6. The molecule has 0 heterocycles. The average Bonchev–Trinajstić information content (AvgIpc) is 2.47. The van der Waals surface area contributed by atoms with Gasteiger partial charge in [0, 0.05) is 5.69 Å². The molecule has 0 saturated heterocycles. The maximum atomic E-state index is 11.8. The normalized spacial score (nSPS) is 11.0. The first-order valence-electron chi connectivity index (χ1n) is 6.60. The Bertz CT molecular complexity index is 791. The topological polar surface area (TPSA) is 98.5 Å². The molecule has 0 aliphatic rings. The van der Waals surface area contributed by atoms with Gasteiger partial charge in [0.1, 0.15) is 5.75 Å². The molecule has 3 N–H and O–H groups in total. The number of anilines is 1. The molecule has 0 radical (unpaired) electrons. The van der Waals surface area contributed by atoms with Gasteiger partial charge in [0.15, 0.2) is 6.61 Å². The third kappa shape index (κ3) is 5.90. The fraction of sp³-hybridized carbons (Fsp3) is 0.133. The van der Waals surface area contributed by atoms with E-state index in [0.717, 1.165) is 0 Å². The van der Waals surface area contributed by atoms with E-state index < -0.39 is 10.0 Å². The Balaban J connectivity index is 1.89. The van der Waals surface area contributed by atoms with Gasteiger partial charge in [-0.15, -0.1) is 0 Å². The number of halogens is 1. The van der Waals surface area contributed by atoms with Crippen molar-refractivity contribution >= 4 is 33.2 Å². The van der Waals surface area contributed by atoms with Crippen LogP contribution in [0.2, 0.25) is 5.02 Å². The molecule has 122 valence electrons. The van der Waals surface area contributed by atoms with Crippen LogP contribution in [0.4, 0.5) is 5.69 Å². The first-order valence-corrected chi connectivity index (χ1v) is 8.69. The summed E-state index contributed by atoms with van der Waals surface area (Å²) in [4.78, 5) is 11.8. The van der Waals surface area contributed by atoms with Crippen molar-refractivity contribution in [2.45, 2.75) is 5.75 Å². The molecule has 0 atom stereocenters. The predicted octanol–water partition coefficient (Wildman–Crippen LogP) is 2.15. The zero-order valence-electron chi connectivity index (χ0n) is 12.0. The predicted molar refractivity (Wildman–Crippen MR) is 88.8 cm³/mol. The van der Waals surface area contributed by atoms with Crippen molar-refractivity contribution in [2.75, 3.05) is 11.9 Å². The molecule has 0 unspecified atom stereocenters. The smallest absolute Gasteiger partial charge is 0.262 e. The van der Waals surface area contributed by atoms with Crippen molar-refractivity contribution < 1.29 is 17.9 Å². The molecular formula is C15H15ClN2O4S. The van der Waals surface area contributed by atoms with Crippen LogP contribution in [-0.4, -0.2) is 20.9 Å². The number of nitrogens with one attached hydrogen (secondary N) is 1. The molecular weight excluding hydrogens is 340 g/mol.